The molecule has 3 rings (SSSR count). The topological polar surface area (TPSA) is 66.9 Å². The summed E-state index contributed by atoms with van der Waals surface area (Å²) in [6.07, 6.45) is 3.87. The van der Waals surface area contributed by atoms with E-state index in [-0.39, 0.29) is 17.3 Å². The first kappa shape index (κ1) is 21.2. The Morgan fingerprint density at radius 3 is 2.45 bits per heavy atom. The SMILES string of the molecule is CCCOc1cccc(N(CC(=O)N2CCCCC2)S(=O)(=O)c2ccccc2)c1. The number of ether oxygens (including phenoxy) is 1. The summed E-state index contributed by atoms with van der Waals surface area (Å²) in [4.78, 5) is 14.8. The maximum absolute atomic E-state index is 13.4. The summed E-state index contributed by atoms with van der Waals surface area (Å²) >= 11 is 0. The van der Waals surface area contributed by atoms with Gasteiger partial charge in [0.05, 0.1) is 17.2 Å². The van der Waals surface area contributed by atoms with Crippen LogP contribution in [0.5, 0.6) is 5.75 Å². The Morgan fingerprint density at radius 2 is 1.76 bits per heavy atom. The van der Waals surface area contributed by atoms with Crippen molar-refractivity contribution in [2.75, 3.05) is 30.5 Å². The zero-order valence-corrected chi connectivity index (χ0v) is 17.6. The van der Waals surface area contributed by atoms with Crippen molar-refractivity contribution in [1.29, 1.82) is 0 Å². The van der Waals surface area contributed by atoms with Crippen molar-refractivity contribution < 1.29 is 17.9 Å². The molecule has 0 radical (unpaired) electrons. The van der Waals surface area contributed by atoms with Crippen LogP contribution in [-0.2, 0) is 14.8 Å². The van der Waals surface area contributed by atoms with Crippen LogP contribution in [0.3, 0.4) is 0 Å². The maximum atomic E-state index is 13.4. The van der Waals surface area contributed by atoms with Gasteiger partial charge >= 0.3 is 0 Å². The molecule has 1 amide bonds. The van der Waals surface area contributed by atoms with Crippen molar-refractivity contribution in [3.05, 3.63) is 54.6 Å². The van der Waals surface area contributed by atoms with E-state index in [4.69, 9.17) is 4.74 Å². The van der Waals surface area contributed by atoms with Crippen LogP contribution < -0.4 is 9.04 Å². The average molecular weight is 417 g/mol. The van der Waals surface area contributed by atoms with Gasteiger partial charge in [0.2, 0.25) is 5.91 Å². The third-order valence-electron chi connectivity index (χ3n) is 4.90. The first-order valence-electron chi connectivity index (χ1n) is 10.1. The highest BCUT2D eigenvalue weighted by atomic mass is 32.2. The molecule has 1 saturated heterocycles. The van der Waals surface area contributed by atoms with E-state index in [2.05, 4.69) is 0 Å². The fourth-order valence-corrected chi connectivity index (χ4v) is 4.78. The largest absolute Gasteiger partial charge is 0.494 e. The monoisotopic (exact) mass is 416 g/mol. The number of hydrogen-bond acceptors (Lipinski definition) is 4. The van der Waals surface area contributed by atoms with Gasteiger partial charge in [-0.15, -0.1) is 0 Å². The van der Waals surface area contributed by atoms with Gasteiger partial charge in [-0.1, -0.05) is 31.2 Å². The van der Waals surface area contributed by atoms with Crippen LogP contribution in [0.2, 0.25) is 0 Å². The lowest BCUT2D eigenvalue weighted by Gasteiger charge is -2.30. The number of carbonyl (C=O) groups excluding carboxylic acids is 1. The maximum Gasteiger partial charge on any atom is 0.264 e. The standard InChI is InChI=1S/C22H28N2O4S/c1-2-16-28-20-11-9-10-19(17-20)24(18-22(25)23-14-7-4-8-15-23)29(26,27)21-12-5-3-6-13-21/h3,5-6,9-13,17H,2,4,7-8,14-16,18H2,1H3. The predicted octanol–water partition coefficient (Wildman–Crippen LogP) is 3.68. The Bertz CT molecular complexity index is 909. The van der Waals surface area contributed by atoms with Gasteiger partial charge in [0.1, 0.15) is 12.3 Å². The van der Waals surface area contributed by atoms with Crippen molar-refractivity contribution in [2.24, 2.45) is 0 Å². The quantitative estimate of drug-likeness (QED) is 0.658. The predicted molar refractivity (Wildman–Crippen MR) is 114 cm³/mol. The van der Waals surface area contributed by atoms with Crippen LogP contribution in [0.4, 0.5) is 5.69 Å². The van der Waals surface area contributed by atoms with E-state index in [9.17, 15) is 13.2 Å². The van der Waals surface area contributed by atoms with E-state index >= 15 is 0 Å². The molecule has 1 aliphatic heterocycles. The molecule has 156 valence electrons. The molecule has 0 spiro atoms. The summed E-state index contributed by atoms with van der Waals surface area (Å²) in [7, 11) is -3.89. The van der Waals surface area contributed by atoms with Crippen LogP contribution in [0, 0.1) is 0 Å². The van der Waals surface area contributed by atoms with Gasteiger partial charge in [-0.2, -0.15) is 0 Å². The fraction of sp³-hybridized carbons (Fsp3) is 0.409. The van der Waals surface area contributed by atoms with Crippen molar-refractivity contribution in [1.82, 2.24) is 4.90 Å². The van der Waals surface area contributed by atoms with Crippen molar-refractivity contribution in [3.8, 4) is 5.75 Å². The number of benzene rings is 2. The van der Waals surface area contributed by atoms with E-state index in [1.807, 2.05) is 6.92 Å². The van der Waals surface area contributed by atoms with Gasteiger partial charge in [0.15, 0.2) is 0 Å². The molecular formula is C22H28N2O4S. The third-order valence-corrected chi connectivity index (χ3v) is 6.69. The Balaban J connectivity index is 1.94. The highest BCUT2D eigenvalue weighted by Crippen LogP contribution is 2.27. The molecule has 0 atom stereocenters. The number of nitrogens with zero attached hydrogens (tertiary/aromatic N) is 2. The summed E-state index contributed by atoms with van der Waals surface area (Å²) in [5.74, 6) is 0.409. The second-order valence-electron chi connectivity index (χ2n) is 7.11. The second-order valence-corrected chi connectivity index (χ2v) is 8.97. The number of hydrogen-bond donors (Lipinski definition) is 0. The van der Waals surface area contributed by atoms with Crippen molar-refractivity contribution >= 4 is 21.6 Å². The molecule has 2 aromatic carbocycles. The van der Waals surface area contributed by atoms with Gasteiger partial charge in [-0.3, -0.25) is 9.10 Å². The van der Waals surface area contributed by atoms with E-state index in [0.717, 1.165) is 25.7 Å². The lowest BCUT2D eigenvalue weighted by atomic mass is 10.1. The number of sulfonamides is 1. The fourth-order valence-electron chi connectivity index (χ4n) is 3.35. The van der Waals surface area contributed by atoms with Gasteiger partial charge in [0, 0.05) is 19.2 Å². The highest BCUT2D eigenvalue weighted by Gasteiger charge is 2.29. The van der Waals surface area contributed by atoms with Gasteiger partial charge < -0.3 is 9.64 Å². The first-order valence-corrected chi connectivity index (χ1v) is 11.5. The number of carbonyl (C=O) groups is 1. The molecule has 1 aliphatic rings. The molecule has 1 heterocycles. The Labute approximate surface area is 173 Å². The van der Waals surface area contributed by atoms with Crippen molar-refractivity contribution in [2.45, 2.75) is 37.5 Å². The van der Waals surface area contributed by atoms with Gasteiger partial charge in [-0.05, 0) is 49.9 Å². The molecule has 0 unspecified atom stereocenters. The zero-order valence-electron chi connectivity index (χ0n) is 16.8. The number of amides is 1. The molecule has 6 nitrogen and oxygen atoms in total. The van der Waals surface area contributed by atoms with Crippen molar-refractivity contribution in [3.63, 3.8) is 0 Å². The number of anilines is 1. The Kier molecular flexibility index (Phi) is 7.14. The van der Waals surface area contributed by atoms with Crippen LogP contribution in [0.15, 0.2) is 59.5 Å². The Morgan fingerprint density at radius 1 is 1.03 bits per heavy atom. The molecule has 7 heteroatoms. The van der Waals surface area contributed by atoms with Crippen LogP contribution in [0.25, 0.3) is 0 Å². The lowest BCUT2D eigenvalue weighted by Crippen LogP contribution is -2.44. The molecular weight excluding hydrogens is 388 g/mol. The average Bonchev–Trinajstić information content (AvgIpc) is 2.77. The van der Waals surface area contributed by atoms with Gasteiger partial charge in [-0.25, -0.2) is 8.42 Å². The Hall–Kier alpha value is -2.54. The van der Waals surface area contributed by atoms with E-state index in [1.54, 1.807) is 59.5 Å². The third kappa shape index (κ3) is 5.29. The number of rotatable bonds is 8. The normalized spacial score (nSPS) is 14.4. The molecule has 0 N–H and O–H groups in total. The zero-order chi connectivity index (χ0) is 20.7. The molecule has 0 aromatic heterocycles. The summed E-state index contributed by atoms with van der Waals surface area (Å²) in [5.41, 5.74) is 0.424. The van der Waals surface area contributed by atoms with Crippen LogP contribution >= 0.6 is 0 Å². The minimum atomic E-state index is -3.89. The summed E-state index contributed by atoms with van der Waals surface area (Å²) in [5, 5.41) is 0. The summed E-state index contributed by atoms with van der Waals surface area (Å²) < 4.78 is 33.6. The smallest absolute Gasteiger partial charge is 0.264 e. The molecule has 2 aromatic rings. The molecule has 0 aliphatic carbocycles. The summed E-state index contributed by atoms with van der Waals surface area (Å²) in [6, 6.07) is 15.1. The molecule has 29 heavy (non-hydrogen) atoms. The molecule has 1 fully saturated rings. The molecule has 0 bridgehead atoms. The lowest BCUT2D eigenvalue weighted by molar-refractivity contribution is -0.130. The molecule has 0 saturated carbocycles. The van der Waals surface area contributed by atoms with E-state index in [0.29, 0.717) is 31.1 Å². The highest BCUT2D eigenvalue weighted by molar-refractivity contribution is 7.92. The number of likely N-dealkylation sites (tertiary alicyclic amines) is 1. The minimum absolute atomic E-state index is 0.159. The van der Waals surface area contributed by atoms with Crippen LogP contribution in [-0.4, -0.2) is 45.5 Å². The van der Waals surface area contributed by atoms with E-state index < -0.39 is 10.0 Å². The number of piperidine rings is 1. The second kappa shape index (κ2) is 9.78. The first-order chi connectivity index (χ1) is 14.0. The van der Waals surface area contributed by atoms with Crippen LogP contribution in [0.1, 0.15) is 32.6 Å². The van der Waals surface area contributed by atoms with Gasteiger partial charge in [0.25, 0.3) is 10.0 Å². The summed E-state index contributed by atoms with van der Waals surface area (Å²) in [6.45, 7) is 3.68. The minimum Gasteiger partial charge on any atom is -0.494 e. The van der Waals surface area contributed by atoms with E-state index in [1.165, 1.54) is 4.31 Å².